The molecule has 5 heteroatoms. The monoisotopic (exact) mass is 336 g/mol. The van der Waals surface area contributed by atoms with Gasteiger partial charge in [-0.05, 0) is 49.5 Å². The van der Waals surface area contributed by atoms with Gasteiger partial charge in [-0.25, -0.2) is 0 Å². The Morgan fingerprint density at radius 1 is 1.39 bits per heavy atom. The van der Waals surface area contributed by atoms with Crippen LogP contribution in [0.25, 0.3) is 0 Å². The molecule has 0 bridgehead atoms. The predicted octanol–water partition coefficient (Wildman–Crippen LogP) is 2.75. The third-order valence-corrected chi connectivity index (χ3v) is 4.99. The molecule has 1 aromatic rings. The van der Waals surface area contributed by atoms with Crippen molar-refractivity contribution in [2.45, 2.75) is 45.3 Å². The lowest BCUT2D eigenvalue weighted by Crippen LogP contribution is -2.48. The maximum atomic E-state index is 12.3. The van der Waals surface area contributed by atoms with E-state index in [4.69, 9.17) is 10.5 Å². The first-order chi connectivity index (χ1) is 11.0. The lowest BCUT2D eigenvalue weighted by molar-refractivity contribution is -0.134. The molecule has 4 nitrogen and oxygen atoms in total. The van der Waals surface area contributed by atoms with Crippen molar-refractivity contribution in [3.05, 3.63) is 29.3 Å². The summed E-state index contributed by atoms with van der Waals surface area (Å²) in [6.07, 6.45) is 4.71. The van der Waals surface area contributed by atoms with Gasteiger partial charge in [-0.15, -0.1) is 0 Å². The number of nitrogens with zero attached hydrogens (tertiary/aromatic N) is 1. The van der Waals surface area contributed by atoms with Gasteiger partial charge in [0.2, 0.25) is 5.91 Å². The zero-order valence-electron chi connectivity index (χ0n) is 14.4. The van der Waals surface area contributed by atoms with E-state index < -0.39 is 0 Å². The number of carbonyl (C=O) groups excluding carboxylic acids is 1. The second-order valence-electron chi connectivity index (χ2n) is 6.30. The van der Waals surface area contributed by atoms with Gasteiger partial charge in [0.05, 0.1) is 6.04 Å². The molecule has 1 fully saturated rings. The largest absolute Gasteiger partial charge is 0.490 e. The number of nitrogens with two attached hydrogens (primary N) is 1. The number of aryl methyl sites for hydroxylation is 2. The Morgan fingerprint density at radius 3 is 2.74 bits per heavy atom. The standard InChI is InChI=1S/C18H28N2O2S/c1-13-4-5-14(2)17(12-13)22-15-6-9-20(10-7-15)18(21)16(19)8-11-23-3/h4-5,12,15-16H,6-11,19H2,1-3H3. The molecule has 0 saturated carbocycles. The van der Waals surface area contributed by atoms with Gasteiger partial charge >= 0.3 is 0 Å². The van der Waals surface area contributed by atoms with Crippen molar-refractivity contribution in [1.82, 2.24) is 4.90 Å². The van der Waals surface area contributed by atoms with Crippen LogP contribution in [-0.4, -0.2) is 48.1 Å². The van der Waals surface area contributed by atoms with Crippen LogP contribution in [0, 0.1) is 13.8 Å². The van der Waals surface area contributed by atoms with Crippen LogP contribution in [0.2, 0.25) is 0 Å². The molecule has 0 radical (unpaired) electrons. The summed E-state index contributed by atoms with van der Waals surface area (Å²) in [5, 5.41) is 0. The van der Waals surface area contributed by atoms with Crippen LogP contribution < -0.4 is 10.5 Å². The molecule has 1 heterocycles. The Labute approximate surface area is 143 Å². The molecule has 0 aromatic heterocycles. The van der Waals surface area contributed by atoms with E-state index >= 15 is 0 Å². The van der Waals surface area contributed by atoms with E-state index in [1.165, 1.54) is 5.56 Å². The van der Waals surface area contributed by atoms with E-state index in [2.05, 4.69) is 32.0 Å². The van der Waals surface area contributed by atoms with Gasteiger partial charge in [-0.1, -0.05) is 12.1 Å². The molecule has 0 aliphatic carbocycles. The van der Waals surface area contributed by atoms with Crippen LogP contribution in [0.1, 0.15) is 30.4 Å². The summed E-state index contributed by atoms with van der Waals surface area (Å²) < 4.78 is 6.15. The summed E-state index contributed by atoms with van der Waals surface area (Å²) in [7, 11) is 0. The quantitative estimate of drug-likeness (QED) is 0.868. The molecule has 1 atom stereocenters. The van der Waals surface area contributed by atoms with Crippen LogP contribution >= 0.6 is 11.8 Å². The topological polar surface area (TPSA) is 55.6 Å². The van der Waals surface area contributed by atoms with Crippen LogP contribution in [0.5, 0.6) is 5.75 Å². The molecule has 2 N–H and O–H groups in total. The van der Waals surface area contributed by atoms with E-state index in [0.717, 1.165) is 49.4 Å². The Kier molecular flexibility index (Phi) is 6.78. The first-order valence-corrected chi connectivity index (χ1v) is 9.68. The molecule has 1 aromatic carbocycles. The Balaban J connectivity index is 1.84. The maximum Gasteiger partial charge on any atom is 0.239 e. The lowest BCUT2D eigenvalue weighted by atomic mass is 10.1. The van der Waals surface area contributed by atoms with Crippen molar-refractivity contribution in [1.29, 1.82) is 0 Å². The number of rotatable bonds is 6. The first-order valence-electron chi connectivity index (χ1n) is 8.28. The smallest absolute Gasteiger partial charge is 0.239 e. The fraction of sp³-hybridized carbons (Fsp3) is 0.611. The minimum absolute atomic E-state index is 0.0873. The fourth-order valence-corrected chi connectivity index (χ4v) is 3.30. The van der Waals surface area contributed by atoms with Gasteiger partial charge in [-0.2, -0.15) is 11.8 Å². The minimum atomic E-state index is -0.362. The molecule has 1 saturated heterocycles. The molecular formula is C18H28N2O2S. The van der Waals surface area contributed by atoms with Gasteiger partial charge in [0, 0.05) is 25.9 Å². The average Bonchev–Trinajstić information content (AvgIpc) is 2.56. The number of benzene rings is 1. The van der Waals surface area contributed by atoms with E-state index in [1.54, 1.807) is 11.8 Å². The number of amides is 1. The number of thioether (sulfide) groups is 1. The van der Waals surface area contributed by atoms with Gasteiger partial charge in [-0.3, -0.25) is 4.79 Å². The van der Waals surface area contributed by atoms with E-state index in [1.807, 2.05) is 11.2 Å². The molecule has 1 aliphatic heterocycles. The second-order valence-corrected chi connectivity index (χ2v) is 7.29. The SMILES string of the molecule is CSCCC(N)C(=O)N1CCC(Oc2cc(C)ccc2C)CC1. The molecule has 128 valence electrons. The normalized spacial score (nSPS) is 17.1. The predicted molar refractivity (Wildman–Crippen MR) is 97.1 cm³/mol. The van der Waals surface area contributed by atoms with Crippen molar-refractivity contribution >= 4 is 17.7 Å². The third kappa shape index (κ3) is 5.15. The van der Waals surface area contributed by atoms with Crippen molar-refractivity contribution in [2.24, 2.45) is 5.73 Å². The molecule has 1 amide bonds. The van der Waals surface area contributed by atoms with Crippen molar-refractivity contribution in [3.63, 3.8) is 0 Å². The number of hydrogen-bond acceptors (Lipinski definition) is 4. The summed E-state index contributed by atoms with van der Waals surface area (Å²) in [5.74, 6) is 1.98. The summed E-state index contributed by atoms with van der Waals surface area (Å²) in [4.78, 5) is 14.2. The minimum Gasteiger partial charge on any atom is -0.490 e. The number of hydrogen-bond donors (Lipinski definition) is 1. The Bertz CT molecular complexity index is 528. The highest BCUT2D eigenvalue weighted by atomic mass is 32.2. The first kappa shape index (κ1) is 18.1. The van der Waals surface area contributed by atoms with Gasteiger partial charge < -0.3 is 15.4 Å². The van der Waals surface area contributed by atoms with Crippen LogP contribution in [0.3, 0.4) is 0 Å². The zero-order chi connectivity index (χ0) is 16.8. The van der Waals surface area contributed by atoms with Gasteiger partial charge in [0.1, 0.15) is 11.9 Å². The number of likely N-dealkylation sites (tertiary alicyclic amines) is 1. The molecular weight excluding hydrogens is 308 g/mol. The number of ether oxygens (including phenoxy) is 1. The highest BCUT2D eigenvalue weighted by molar-refractivity contribution is 7.98. The van der Waals surface area contributed by atoms with Crippen molar-refractivity contribution in [3.8, 4) is 5.75 Å². The lowest BCUT2D eigenvalue weighted by Gasteiger charge is -2.34. The van der Waals surface area contributed by atoms with Crippen molar-refractivity contribution < 1.29 is 9.53 Å². The van der Waals surface area contributed by atoms with E-state index in [-0.39, 0.29) is 18.1 Å². The molecule has 2 rings (SSSR count). The van der Waals surface area contributed by atoms with Gasteiger partial charge in [0.15, 0.2) is 0 Å². The summed E-state index contributed by atoms with van der Waals surface area (Å²) in [6, 6.07) is 5.91. The highest BCUT2D eigenvalue weighted by Crippen LogP contribution is 2.24. The fourth-order valence-electron chi connectivity index (χ4n) is 2.81. The van der Waals surface area contributed by atoms with Crippen molar-refractivity contribution in [2.75, 3.05) is 25.1 Å². The molecule has 0 spiro atoms. The Hall–Kier alpha value is -1.20. The zero-order valence-corrected chi connectivity index (χ0v) is 15.2. The van der Waals surface area contributed by atoms with E-state index in [9.17, 15) is 4.79 Å². The van der Waals surface area contributed by atoms with E-state index in [0.29, 0.717) is 0 Å². The van der Waals surface area contributed by atoms with Gasteiger partial charge in [0.25, 0.3) is 0 Å². The maximum absolute atomic E-state index is 12.3. The number of piperidine rings is 1. The summed E-state index contributed by atoms with van der Waals surface area (Å²) in [6.45, 7) is 5.62. The average molecular weight is 337 g/mol. The molecule has 1 unspecified atom stereocenters. The number of carbonyl (C=O) groups is 1. The highest BCUT2D eigenvalue weighted by Gasteiger charge is 2.27. The molecule has 1 aliphatic rings. The molecule has 23 heavy (non-hydrogen) atoms. The van der Waals surface area contributed by atoms with Crippen LogP contribution in [0.15, 0.2) is 18.2 Å². The van der Waals surface area contributed by atoms with Crippen LogP contribution in [-0.2, 0) is 4.79 Å². The Morgan fingerprint density at radius 2 is 2.09 bits per heavy atom. The summed E-state index contributed by atoms with van der Waals surface area (Å²) >= 11 is 1.73. The summed E-state index contributed by atoms with van der Waals surface area (Å²) in [5.41, 5.74) is 8.36. The third-order valence-electron chi connectivity index (χ3n) is 4.34. The second kappa shape index (κ2) is 8.60. The van der Waals surface area contributed by atoms with Crippen LogP contribution in [0.4, 0.5) is 0 Å².